The number of carbonyl (C=O) groups is 1. The number of para-hydroxylation sites is 1. The first-order valence-corrected chi connectivity index (χ1v) is 11.4. The third kappa shape index (κ3) is 4.42. The van der Waals surface area contributed by atoms with E-state index in [1.165, 1.54) is 23.1 Å². The largest absolute Gasteiger partial charge is 0.321 e. The summed E-state index contributed by atoms with van der Waals surface area (Å²) in [6.45, 7) is 1.11. The van der Waals surface area contributed by atoms with Gasteiger partial charge in [0.05, 0.1) is 16.8 Å². The Labute approximate surface area is 175 Å². The van der Waals surface area contributed by atoms with Gasteiger partial charge in [-0.3, -0.25) is 4.79 Å². The number of hydrogen-bond donors (Lipinski definition) is 1. The van der Waals surface area contributed by atoms with Gasteiger partial charge in [0.25, 0.3) is 5.91 Å². The number of benzene rings is 2. The monoisotopic (exact) mass is 425 g/mol. The Kier molecular flexibility index (Phi) is 5.91. The van der Waals surface area contributed by atoms with Gasteiger partial charge in [-0.05, 0) is 49.2 Å². The zero-order valence-electron chi connectivity index (χ0n) is 16.4. The van der Waals surface area contributed by atoms with E-state index >= 15 is 0 Å². The molecule has 3 aromatic rings. The molecule has 0 radical (unpaired) electrons. The van der Waals surface area contributed by atoms with Crippen molar-refractivity contribution in [3.63, 3.8) is 0 Å². The van der Waals surface area contributed by atoms with Crippen molar-refractivity contribution in [2.75, 3.05) is 18.4 Å². The van der Waals surface area contributed by atoms with Gasteiger partial charge in [0, 0.05) is 18.8 Å². The number of anilines is 1. The second kappa shape index (κ2) is 8.76. The third-order valence-corrected chi connectivity index (χ3v) is 6.94. The Balaban J connectivity index is 1.44. The molecule has 4 rings (SSSR count). The smallest absolute Gasteiger partial charge is 0.277 e. The summed E-state index contributed by atoms with van der Waals surface area (Å²) in [4.78, 5) is 14.1. The highest BCUT2D eigenvalue weighted by molar-refractivity contribution is 7.89. The lowest BCUT2D eigenvalue weighted by molar-refractivity contribution is 0.102. The van der Waals surface area contributed by atoms with E-state index in [-0.39, 0.29) is 10.6 Å². The van der Waals surface area contributed by atoms with Crippen molar-refractivity contribution in [3.05, 3.63) is 66.5 Å². The molecule has 1 aromatic heterocycles. The van der Waals surface area contributed by atoms with E-state index in [0.717, 1.165) is 31.4 Å². The first-order chi connectivity index (χ1) is 14.5. The molecule has 0 bridgehead atoms. The number of sulfonamides is 1. The molecule has 2 heterocycles. The number of nitrogens with zero attached hydrogens (tertiary/aromatic N) is 4. The fourth-order valence-corrected chi connectivity index (χ4v) is 4.91. The molecule has 1 fully saturated rings. The van der Waals surface area contributed by atoms with Crippen LogP contribution in [0, 0.1) is 0 Å². The van der Waals surface area contributed by atoms with Gasteiger partial charge in [0.2, 0.25) is 10.0 Å². The van der Waals surface area contributed by atoms with Crippen LogP contribution in [0.4, 0.5) is 5.69 Å². The number of rotatable bonds is 5. The molecule has 1 aliphatic heterocycles. The summed E-state index contributed by atoms with van der Waals surface area (Å²) in [5.41, 5.74) is 1.41. The summed E-state index contributed by atoms with van der Waals surface area (Å²) in [7, 11) is -3.52. The molecule has 0 saturated carbocycles. The fourth-order valence-electron chi connectivity index (χ4n) is 3.39. The highest BCUT2D eigenvalue weighted by Crippen LogP contribution is 2.22. The molecule has 156 valence electrons. The summed E-state index contributed by atoms with van der Waals surface area (Å²) in [6.07, 6.45) is 5.28. The van der Waals surface area contributed by atoms with Gasteiger partial charge in [-0.2, -0.15) is 14.2 Å². The zero-order valence-corrected chi connectivity index (χ0v) is 17.3. The molecule has 1 N–H and O–H groups in total. The van der Waals surface area contributed by atoms with Gasteiger partial charge < -0.3 is 5.32 Å². The lowest BCUT2D eigenvalue weighted by Crippen LogP contribution is -2.31. The van der Waals surface area contributed by atoms with Gasteiger partial charge >= 0.3 is 0 Å². The normalized spacial score (nSPS) is 15.5. The Hall–Kier alpha value is -3.04. The first kappa shape index (κ1) is 20.2. The van der Waals surface area contributed by atoms with Crippen LogP contribution in [0.1, 0.15) is 36.2 Å². The minimum absolute atomic E-state index is 0.167. The molecule has 9 heteroatoms. The minimum atomic E-state index is -3.52. The SMILES string of the molecule is O=C(Nc1ccc(S(=O)(=O)N2CCCCCC2)cc1)c1cnn(-c2ccccc2)n1. The van der Waals surface area contributed by atoms with Crippen LogP contribution in [0.15, 0.2) is 65.7 Å². The van der Waals surface area contributed by atoms with Crippen LogP contribution in [0.3, 0.4) is 0 Å². The highest BCUT2D eigenvalue weighted by Gasteiger charge is 2.25. The highest BCUT2D eigenvalue weighted by atomic mass is 32.2. The van der Waals surface area contributed by atoms with E-state index in [0.29, 0.717) is 18.8 Å². The quantitative estimate of drug-likeness (QED) is 0.678. The van der Waals surface area contributed by atoms with Crippen molar-refractivity contribution in [1.29, 1.82) is 0 Å². The Bertz CT molecular complexity index is 1100. The second-order valence-electron chi connectivity index (χ2n) is 7.15. The number of carbonyl (C=O) groups excluding carboxylic acids is 1. The Morgan fingerprint density at radius 3 is 2.23 bits per heavy atom. The molecule has 1 aliphatic rings. The lowest BCUT2D eigenvalue weighted by atomic mass is 10.2. The fraction of sp³-hybridized carbons (Fsp3) is 0.286. The predicted molar refractivity (Wildman–Crippen MR) is 113 cm³/mol. The Morgan fingerprint density at radius 1 is 0.900 bits per heavy atom. The number of nitrogens with one attached hydrogen (secondary N) is 1. The molecule has 0 unspecified atom stereocenters. The standard InChI is InChI=1S/C21H23N5O3S/c27-21(20-16-22-26(24-20)18-8-4-3-5-9-18)23-17-10-12-19(13-11-17)30(28,29)25-14-6-1-2-7-15-25/h3-5,8-13,16H,1-2,6-7,14-15H2,(H,23,27). The second-order valence-corrected chi connectivity index (χ2v) is 9.09. The van der Waals surface area contributed by atoms with Crippen molar-refractivity contribution in [3.8, 4) is 5.69 Å². The third-order valence-electron chi connectivity index (χ3n) is 5.03. The topological polar surface area (TPSA) is 97.2 Å². The van der Waals surface area contributed by atoms with Crippen LogP contribution in [-0.4, -0.2) is 46.7 Å². The lowest BCUT2D eigenvalue weighted by Gasteiger charge is -2.20. The molecule has 0 atom stereocenters. The van der Waals surface area contributed by atoms with E-state index < -0.39 is 15.9 Å². The van der Waals surface area contributed by atoms with Crippen LogP contribution >= 0.6 is 0 Å². The van der Waals surface area contributed by atoms with E-state index in [1.807, 2.05) is 30.3 Å². The minimum Gasteiger partial charge on any atom is -0.321 e. The van der Waals surface area contributed by atoms with Gasteiger partial charge in [-0.25, -0.2) is 8.42 Å². The van der Waals surface area contributed by atoms with Crippen LogP contribution < -0.4 is 5.32 Å². The molecule has 1 amide bonds. The molecule has 1 saturated heterocycles. The average Bonchev–Trinajstić information content (AvgIpc) is 3.10. The molecule has 8 nitrogen and oxygen atoms in total. The van der Waals surface area contributed by atoms with Crippen LogP contribution in [0.5, 0.6) is 0 Å². The molecular weight excluding hydrogens is 402 g/mol. The summed E-state index contributed by atoms with van der Waals surface area (Å²) >= 11 is 0. The van der Waals surface area contributed by atoms with Gasteiger partial charge in [-0.1, -0.05) is 31.0 Å². The maximum Gasteiger partial charge on any atom is 0.277 e. The molecule has 30 heavy (non-hydrogen) atoms. The van der Waals surface area contributed by atoms with Gasteiger partial charge in [-0.15, -0.1) is 5.10 Å². The van der Waals surface area contributed by atoms with Crippen molar-refractivity contribution in [1.82, 2.24) is 19.3 Å². The zero-order chi connectivity index (χ0) is 21.0. The number of hydrogen-bond acceptors (Lipinski definition) is 5. The summed E-state index contributed by atoms with van der Waals surface area (Å²) < 4.78 is 27.3. The van der Waals surface area contributed by atoms with Crippen LogP contribution in [-0.2, 0) is 10.0 Å². The van der Waals surface area contributed by atoms with Crippen LogP contribution in [0.2, 0.25) is 0 Å². The van der Waals surface area contributed by atoms with E-state index in [1.54, 1.807) is 16.4 Å². The summed E-state index contributed by atoms with van der Waals surface area (Å²) in [6, 6.07) is 15.5. The average molecular weight is 426 g/mol. The predicted octanol–water partition coefficient (Wildman–Crippen LogP) is 3.08. The summed E-state index contributed by atoms with van der Waals surface area (Å²) in [5, 5.41) is 11.0. The van der Waals surface area contributed by atoms with Crippen molar-refractivity contribution >= 4 is 21.6 Å². The van der Waals surface area contributed by atoms with Gasteiger partial charge in [0.1, 0.15) is 0 Å². The summed E-state index contributed by atoms with van der Waals surface area (Å²) in [5.74, 6) is -0.416. The number of amides is 1. The Morgan fingerprint density at radius 2 is 1.57 bits per heavy atom. The van der Waals surface area contributed by atoms with Crippen molar-refractivity contribution in [2.45, 2.75) is 30.6 Å². The molecule has 2 aromatic carbocycles. The maximum atomic E-state index is 12.9. The van der Waals surface area contributed by atoms with Crippen molar-refractivity contribution < 1.29 is 13.2 Å². The molecular formula is C21H23N5O3S. The first-order valence-electron chi connectivity index (χ1n) is 9.93. The van der Waals surface area contributed by atoms with Gasteiger partial charge in [0.15, 0.2) is 5.69 Å². The van der Waals surface area contributed by atoms with Crippen LogP contribution in [0.25, 0.3) is 5.69 Å². The molecule has 0 aliphatic carbocycles. The van der Waals surface area contributed by atoms with E-state index in [4.69, 9.17) is 0 Å². The molecule has 0 spiro atoms. The number of aromatic nitrogens is 3. The van der Waals surface area contributed by atoms with E-state index in [9.17, 15) is 13.2 Å². The maximum absolute atomic E-state index is 12.9. The van der Waals surface area contributed by atoms with E-state index in [2.05, 4.69) is 15.5 Å². The van der Waals surface area contributed by atoms with Crippen molar-refractivity contribution in [2.24, 2.45) is 0 Å².